The van der Waals surface area contributed by atoms with Crippen molar-refractivity contribution in [2.24, 2.45) is 5.92 Å². The van der Waals surface area contributed by atoms with Crippen molar-refractivity contribution in [2.75, 3.05) is 5.32 Å². The number of carbonyl (C=O) groups is 2. The molecule has 2 saturated heterocycles. The van der Waals surface area contributed by atoms with E-state index in [9.17, 15) is 14.7 Å². The number of carboxylic acids is 1. The number of anilines is 1. The van der Waals surface area contributed by atoms with Crippen LogP contribution in [0.25, 0.3) is 0 Å². The molecule has 2 N–H and O–H groups in total. The molecule has 3 unspecified atom stereocenters. The third-order valence-corrected chi connectivity index (χ3v) is 4.66. The Morgan fingerprint density at radius 1 is 1.35 bits per heavy atom. The second-order valence-corrected chi connectivity index (χ2v) is 6.24. The van der Waals surface area contributed by atoms with Gasteiger partial charge in [0.2, 0.25) is 0 Å². The van der Waals surface area contributed by atoms with E-state index in [0.717, 1.165) is 17.3 Å². The lowest BCUT2D eigenvalue weighted by Gasteiger charge is -2.23. The van der Waals surface area contributed by atoms with Gasteiger partial charge in [-0.2, -0.15) is 0 Å². The Hall–Kier alpha value is -1.56. The first-order valence-electron chi connectivity index (χ1n) is 6.64. The SMILES string of the molecule is O=C(O)C1CC2CCC1N2C(=O)Nc1cccc(Br)c1. The number of halogens is 1. The van der Waals surface area contributed by atoms with Gasteiger partial charge in [0.15, 0.2) is 0 Å². The normalized spacial score (nSPS) is 27.6. The van der Waals surface area contributed by atoms with E-state index in [2.05, 4.69) is 21.2 Å². The summed E-state index contributed by atoms with van der Waals surface area (Å²) in [5, 5.41) is 12.0. The molecule has 6 heteroatoms. The van der Waals surface area contributed by atoms with Crippen LogP contribution in [0.3, 0.4) is 0 Å². The minimum absolute atomic E-state index is 0.0632. The van der Waals surface area contributed by atoms with Crippen LogP contribution in [0, 0.1) is 5.92 Å². The summed E-state index contributed by atoms with van der Waals surface area (Å²) < 4.78 is 0.892. The second kappa shape index (κ2) is 5.09. The Morgan fingerprint density at radius 3 is 2.80 bits per heavy atom. The van der Waals surface area contributed by atoms with Crippen LogP contribution in [0.1, 0.15) is 19.3 Å². The third-order valence-electron chi connectivity index (χ3n) is 4.16. The quantitative estimate of drug-likeness (QED) is 0.870. The van der Waals surface area contributed by atoms with Crippen LogP contribution in [-0.2, 0) is 4.79 Å². The first kappa shape index (κ1) is 13.4. The predicted molar refractivity (Wildman–Crippen MR) is 77.6 cm³/mol. The molecule has 3 rings (SSSR count). The van der Waals surface area contributed by atoms with Gasteiger partial charge in [-0.05, 0) is 37.5 Å². The van der Waals surface area contributed by atoms with Crippen molar-refractivity contribution < 1.29 is 14.7 Å². The van der Waals surface area contributed by atoms with Gasteiger partial charge in [0.1, 0.15) is 0 Å². The highest BCUT2D eigenvalue weighted by Gasteiger charge is 2.51. The third kappa shape index (κ3) is 2.28. The number of rotatable bonds is 2. The maximum Gasteiger partial charge on any atom is 0.322 e. The average molecular weight is 339 g/mol. The molecule has 2 bridgehead atoms. The molecule has 1 aromatic carbocycles. The summed E-state index contributed by atoms with van der Waals surface area (Å²) in [5.41, 5.74) is 0.711. The zero-order chi connectivity index (χ0) is 14.3. The Bertz CT molecular complexity index is 563. The Balaban J connectivity index is 1.74. The van der Waals surface area contributed by atoms with Gasteiger partial charge >= 0.3 is 12.0 Å². The topological polar surface area (TPSA) is 69.6 Å². The molecule has 1 aromatic rings. The Labute approximate surface area is 125 Å². The molecule has 2 aliphatic heterocycles. The van der Waals surface area contributed by atoms with Crippen molar-refractivity contribution in [1.29, 1.82) is 0 Å². The second-order valence-electron chi connectivity index (χ2n) is 5.33. The number of hydrogen-bond acceptors (Lipinski definition) is 2. The van der Waals surface area contributed by atoms with Crippen molar-refractivity contribution in [3.8, 4) is 0 Å². The van der Waals surface area contributed by atoms with E-state index >= 15 is 0 Å². The van der Waals surface area contributed by atoms with Gasteiger partial charge in [0.05, 0.1) is 5.92 Å². The molecule has 5 nitrogen and oxygen atoms in total. The van der Waals surface area contributed by atoms with Crippen LogP contribution < -0.4 is 5.32 Å². The zero-order valence-electron chi connectivity index (χ0n) is 10.8. The van der Waals surface area contributed by atoms with Crippen molar-refractivity contribution in [3.63, 3.8) is 0 Å². The van der Waals surface area contributed by atoms with E-state index in [1.54, 1.807) is 4.90 Å². The average Bonchev–Trinajstić information content (AvgIpc) is 2.96. The number of benzene rings is 1. The lowest BCUT2D eigenvalue weighted by molar-refractivity contribution is -0.142. The van der Waals surface area contributed by atoms with Crippen LogP contribution in [0.4, 0.5) is 10.5 Å². The molecular formula is C14H15BrN2O3. The number of carbonyl (C=O) groups excluding carboxylic acids is 1. The van der Waals surface area contributed by atoms with Gasteiger partial charge in [-0.25, -0.2) is 4.79 Å². The van der Waals surface area contributed by atoms with Crippen LogP contribution in [0.2, 0.25) is 0 Å². The summed E-state index contributed by atoms with van der Waals surface area (Å²) in [6, 6.07) is 7.07. The lowest BCUT2D eigenvalue weighted by Crippen LogP contribution is -2.40. The number of amides is 2. The molecule has 0 spiro atoms. The number of nitrogens with one attached hydrogen (secondary N) is 1. The monoisotopic (exact) mass is 338 g/mol. The molecule has 0 aliphatic carbocycles. The first-order valence-corrected chi connectivity index (χ1v) is 7.43. The standard InChI is InChI=1S/C14H15BrN2O3/c15-8-2-1-3-9(6-8)16-14(20)17-10-4-5-12(17)11(7-10)13(18)19/h1-3,6,10-12H,4-5,7H2,(H,16,20)(H,18,19). The number of fused-ring (bicyclic) bond motifs is 2. The highest BCUT2D eigenvalue weighted by atomic mass is 79.9. The highest BCUT2D eigenvalue weighted by Crippen LogP contribution is 2.42. The van der Waals surface area contributed by atoms with E-state index in [0.29, 0.717) is 12.1 Å². The molecule has 2 fully saturated rings. The van der Waals surface area contributed by atoms with Crippen molar-refractivity contribution in [2.45, 2.75) is 31.3 Å². The van der Waals surface area contributed by atoms with Gasteiger partial charge in [-0.1, -0.05) is 22.0 Å². The molecule has 106 valence electrons. The van der Waals surface area contributed by atoms with Gasteiger partial charge in [0.25, 0.3) is 0 Å². The minimum atomic E-state index is -0.794. The van der Waals surface area contributed by atoms with Crippen LogP contribution in [-0.4, -0.2) is 34.1 Å². The fourth-order valence-electron chi connectivity index (χ4n) is 3.32. The van der Waals surface area contributed by atoms with Crippen molar-refractivity contribution >= 4 is 33.6 Å². The minimum Gasteiger partial charge on any atom is -0.481 e. The molecule has 2 amide bonds. The molecule has 20 heavy (non-hydrogen) atoms. The summed E-state index contributed by atoms with van der Waals surface area (Å²) >= 11 is 3.36. The maximum absolute atomic E-state index is 12.4. The molecule has 0 radical (unpaired) electrons. The molecule has 0 saturated carbocycles. The van der Waals surface area contributed by atoms with E-state index in [1.165, 1.54) is 0 Å². The molecule has 0 aromatic heterocycles. The summed E-state index contributed by atoms with van der Waals surface area (Å²) in [7, 11) is 0. The lowest BCUT2D eigenvalue weighted by atomic mass is 9.89. The largest absolute Gasteiger partial charge is 0.481 e. The molecular weight excluding hydrogens is 324 g/mol. The van der Waals surface area contributed by atoms with Gasteiger partial charge in [0, 0.05) is 22.2 Å². The van der Waals surface area contributed by atoms with Gasteiger partial charge in [-0.3, -0.25) is 4.79 Å². The van der Waals surface area contributed by atoms with Crippen LogP contribution >= 0.6 is 15.9 Å². The van der Waals surface area contributed by atoms with Crippen molar-refractivity contribution in [1.82, 2.24) is 4.90 Å². The Morgan fingerprint density at radius 2 is 2.15 bits per heavy atom. The maximum atomic E-state index is 12.4. The number of carboxylic acid groups (broad SMARTS) is 1. The molecule has 2 heterocycles. The predicted octanol–water partition coefficient (Wildman–Crippen LogP) is 2.92. The summed E-state index contributed by atoms with van der Waals surface area (Å²) in [6.07, 6.45) is 2.26. The first-order chi connectivity index (χ1) is 9.56. The Kier molecular flexibility index (Phi) is 3.41. The van der Waals surface area contributed by atoms with Gasteiger partial charge < -0.3 is 15.3 Å². The summed E-state index contributed by atoms with van der Waals surface area (Å²) in [5.74, 6) is -1.21. The highest BCUT2D eigenvalue weighted by molar-refractivity contribution is 9.10. The summed E-state index contributed by atoms with van der Waals surface area (Å²) in [6.45, 7) is 0. The zero-order valence-corrected chi connectivity index (χ0v) is 12.3. The fraction of sp³-hybridized carbons (Fsp3) is 0.429. The van der Waals surface area contributed by atoms with Crippen LogP contribution in [0.15, 0.2) is 28.7 Å². The van der Waals surface area contributed by atoms with E-state index < -0.39 is 11.9 Å². The summed E-state index contributed by atoms with van der Waals surface area (Å²) in [4.78, 5) is 25.3. The van der Waals surface area contributed by atoms with E-state index in [-0.39, 0.29) is 18.1 Å². The fourth-order valence-corrected chi connectivity index (χ4v) is 3.72. The smallest absolute Gasteiger partial charge is 0.322 e. The van der Waals surface area contributed by atoms with E-state index in [4.69, 9.17) is 0 Å². The molecule has 3 atom stereocenters. The van der Waals surface area contributed by atoms with E-state index in [1.807, 2.05) is 24.3 Å². The molecule has 2 aliphatic rings. The van der Waals surface area contributed by atoms with Gasteiger partial charge in [-0.15, -0.1) is 0 Å². The van der Waals surface area contributed by atoms with Crippen molar-refractivity contribution in [3.05, 3.63) is 28.7 Å². The number of aliphatic carboxylic acids is 1. The van der Waals surface area contributed by atoms with Crippen LogP contribution in [0.5, 0.6) is 0 Å². The number of urea groups is 1. The number of hydrogen-bond donors (Lipinski definition) is 2. The number of nitrogens with zero attached hydrogens (tertiary/aromatic N) is 1.